The average Bonchev–Trinajstić information content (AvgIpc) is 1.91. The number of nitrogens with one attached hydrogen (secondary N) is 1. The van der Waals surface area contributed by atoms with Crippen molar-refractivity contribution in [2.45, 2.75) is 6.92 Å². The van der Waals surface area contributed by atoms with Gasteiger partial charge in [-0.15, -0.1) is 0 Å². The van der Waals surface area contributed by atoms with E-state index in [4.69, 9.17) is 0 Å². The van der Waals surface area contributed by atoms with E-state index >= 15 is 0 Å². The smallest absolute Gasteiger partial charge is 0.0986 e. The van der Waals surface area contributed by atoms with Crippen LogP contribution in [0.25, 0.3) is 0 Å². The van der Waals surface area contributed by atoms with Crippen molar-refractivity contribution in [3.05, 3.63) is 15.5 Å². The second-order valence-electron chi connectivity index (χ2n) is 1.37. The van der Waals surface area contributed by atoms with E-state index in [1.54, 1.807) is 0 Å². The summed E-state index contributed by atoms with van der Waals surface area (Å²) in [5.41, 5.74) is 1.21. The largest absolute Gasteiger partial charge is 0.272 e. The number of aryl methyl sites for hydroxylation is 1. The fourth-order valence-electron chi connectivity index (χ4n) is 0.331. The number of rotatable bonds is 0. The average molecular weight is 208 g/mol. The maximum atomic E-state index is 3.79. The summed E-state index contributed by atoms with van der Waals surface area (Å²) < 4.78 is 1.12. The van der Waals surface area contributed by atoms with Crippen LogP contribution in [0.3, 0.4) is 0 Å². The molecule has 1 aromatic rings. The van der Waals surface area contributed by atoms with Gasteiger partial charge in [0.05, 0.1) is 9.90 Å². The van der Waals surface area contributed by atoms with Gasteiger partial charge in [0, 0.05) is 5.56 Å². The Balaban J connectivity index is 3.12. The predicted octanol–water partition coefficient (Wildman–Crippen LogP) is 1.32. The number of aromatic amines is 1. The molecule has 38 valence electrons. The standard InChI is InChI=1S/C4H5IN2/c1-3-2-6-7-4(3)5/h2H,1H3,(H,6,7). The van der Waals surface area contributed by atoms with Gasteiger partial charge in [0.25, 0.3) is 0 Å². The van der Waals surface area contributed by atoms with Crippen molar-refractivity contribution in [1.29, 1.82) is 0 Å². The van der Waals surface area contributed by atoms with Gasteiger partial charge in [0.2, 0.25) is 0 Å². The fraction of sp³-hybridized carbons (Fsp3) is 0.250. The molecule has 0 atom stereocenters. The van der Waals surface area contributed by atoms with Crippen LogP contribution in [0.1, 0.15) is 5.56 Å². The molecule has 0 aliphatic rings. The number of aromatic nitrogens is 2. The lowest BCUT2D eigenvalue weighted by Crippen LogP contribution is -1.69. The third kappa shape index (κ3) is 0.933. The van der Waals surface area contributed by atoms with Gasteiger partial charge < -0.3 is 0 Å². The lowest BCUT2D eigenvalue weighted by Gasteiger charge is -1.76. The van der Waals surface area contributed by atoms with Crippen LogP contribution in [0.4, 0.5) is 0 Å². The zero-order valence-corrected chi connectivity index (χ0v) is 6.06. The molecule has 0 aliphatic heterocycles. The zero-order valence-electron chi connectivity index (χ0n) is 3.90. The van der Waals surface area contributed by atoms with Gasteiger partial charge in [-0.25, -0.2) is 0 Å². The quantitative estimate of drug-likeness (QED) is 0.640. The zero-order chi connectivity index (χ0) is 5.28. The van der Waals surface area contributed by atoms with Crippen LogP contribution >= 0.6 is 22.6 Å². The second-order valence-corrected chi connectivity index (χ2v) is 2.45. The summed E-state index contributed by atoms with van der Waals surface area (Å²) in [6.45, 7) is 2.02. The molecule has 0 amide bonds. The Bertz CT molecular complexity index is 142. The molecule has 1 aromatic heterocycles. The molecule has 0 saturated carbocycles. The van der Waals surface area contributed by atoms with Gasteiger partial charge in [-0.05, 0) is 29.5 Å². The van der Waals surface area contributed by atoms with Gasteiger partial charge in [0.1, 0.15) is 0 Å². The summed E-state index contributed by atoms with van der Waals surface area (Å²) in [6, 6.07) is 0. The predicted molar refractivity (Wildman–Crippen MR) is 36.0 cm³/mol. The minimum atomic E-state index is 1.12. The maximum Gasteiger partial charge on any atom is 0.0986 e. The number of nitrogens with zero attached hydrogens (tertiary/aromatic N) is 1. The van der Waals surface area contributed by atoms with Crippen molar-refractivity contribution < 1.29 is 0 Å². The Morgan fingerprint density at radius 3 is 2.71 bits per heavy atom. The van der Waals surface area contributed by atoms with E-state index in [9.17, 15) is 0 Å². The van der Waals surface area contributed by atoms with E-state index in [1.165, 1.54) is 5.56 Å². The van der Waals surface area contributed by atoms with Crippen molar-refractivity contribution in [2.75, 3.05) is 0 Å². The van der Waals surface area contributed by atoms with Gasteiger partial charge in [0.15, 0.2) is 0 Å². The van der Waals surface area contributed by atoms with Gasteiger partial charge in [-0.1, -0.05) is 0 Å². The molecule has 0 bridgehead atoms. The molecular weight excluding hydrogens is 203 g/mol. The van der Waals surface area contributed by atoms with E-state index in [0.717, 1.165) is 3.70 Å². The number of halogens is 1. The van der Waals surface area contributed by atoms with Crippen LogP contribution in [0.2, 0.25) is 0 Å². The van der Waals surface area contributed by atoms with Crippen LogP contribution in [0.5, 0.6) is 0 Å². The van der Waals surface area contributed by atoms with Crippen molar-refractivity contribution >= 4 is 22.6 Å². The third-order valence-corrected chi connectivity index (χ3v) is 1.86. The molecule has 1 rings (SSSR count). The molecular formula is C4H5IN2. The maximum absolute atomic E-state index is 3.79. The summed E-state index contributed by atoms with van der Waals surface area (Å²) in [6.07, 6.45) is 1.81. The molecule has 0 spiro atoms. The summed E-state index contributed by atoms with van der Waals surface area (Å²) in [5.74, 6) is 0. The Labute approximate surface area is 55.5 Å². The van der Waals surface area contributed by atoms with E-state index in [-0.39, 0.29) is 0 Å². The van der Waals surface area contributed by atoms with Gasteiger partial charge in [-0.2, -0.15) is 5.10 Å². The molecule has 0 radical (unpaired) electrons. The number of H-pyrrole nitrogens is 1. The molecule has 3 heteroatoms. The van der Waals surface area contributed by atoms with Crippen LogP contribution < -0.4 is 0 Å². The first kappa shape index (κ1) is 5.08. The molecule has 2 nitrogen and oxygen atoms in total. The van der Waals surface area contributed by atoms with E-state index in [2.05, 4.69) is 32.8 Å². The Morgan fingerprint density at radius 2 is 2.57 bits per heavy atom. The molecule has 7 heavy (non-hydrogen) atoms. The second kappa shape index (κ2) is 1.81. The highest BCUT2D eigenvalue weighted by molar-refractivity contribution is 14.1. The monoisotopic (exact) mass is 208 g/mol. The first-order chi connectivity index (χ1) is 3.30. The van der Waals surface area contributed by atoms with E-state index in [1.807, 2.05) is 13.1 Å². The first-order valence-electron chi connectivity index (χ1n) is 1.96. The Kier molecular flexibility index (Phi) is 1.32. The Morgan fingerprint density at radius 1 is 1.86 bits per heavy atom. The molecule has 1 heterocycles. The molecule has 0 fully saturated rings. The molecule has 0 aliphatic carbocycles. The summed E-state index contributed by atoms with van der Waals surface area (Å²) in [4.78, 5) is 0. The van der Waals surface area contributed by atoms with Crippen molar-refractivity contribution in [1.82, 2.24) is 10.2 Å². The van der Waals surface area contributed by atoms with Crippen molar-refractivity contribution in [3.8, 4) is 0 Å². The number of hydrogen-bond acceptors (Lipinski definition) is 1. The van der Waals surface area contributed by atoms with Crippen LogP contribution in [0, 0.1) is 10.6 Å². The molecule has 0 saturated heterocycles. The molecule has 1 N–H and O–H groups in total. The van der Waals surface area contributed by atoms with Gasteiger partial charge >= 0.3 is 0 Å². The summed E-state index contributed by atoms with van der Waals surface area (Å²) >= 11 is 2.20. The Hall–Kier alpha value is -0.0600. The molecule has 0 aromatic carbocycles. The third-order valence-electron chi connectivity index (χ3n) is 0.767. The van der Waals surface area contributed by atoms with Crippen molar-refractivity contribution in [2.24, 2.45) is 0 Å². The van der Waals surface area contributed by atoms with Crippen LogP contribution in [-0.2, 0) is 0 Å². The summed E-state index contributed by atoms with van der Waals surface area (Å²) in [5, 5.41) is 6.59. The minimum absolute atomic E-state index is 1.12. The summed E-state index contributed by atoms with van der Waals surface area (Å²) in [7, 11) is 0. The lowest BCUT2D eigenvalue weighted by atomic mass is 10.4. The van der Waals surface area contributed by atoms with Gasteiger partial charge in [-0.3, -0.25) is 5.10 Å². The normalized spacial score (nSPS) is 9.43. The number of hydrogen-bond donors (Lipinski definition) is 1. The minimum Gasteiger partial charge on any atom is -0.272 e. The SMILES string of the molecule is Cc1cn[nH]c1I. The van der Waals surface area contributed by atoms with Crippen molar-refractivity contribution in [3.63, 3.8) is 0 Å². The van der Waals surface area contributed by atoms with Crippen LogP contribution in [-0.4, -0.2) is 10.2 Å². The highest BCUT2D eigenvalue weighted by atomic mass is 127. The highest BCUT2D eigenvalue weighted by Gasteiger charge is 1.89. The topological polar surface area (TPSA) is 28.7 Å². The molecule has 0 unspecified atom stereocenters. The highest BCUT2D eigenvalue weighted by Crippen LogP contribution is 2.03. The fourth-order valence-corrected chi connectivity index (χ4v) is 0.609. The van der Waals surface area contributed by atoms with E-state index < -0.39 is 0 Å². The van der Waals surface area contributed by atoms with Crippen LogP contribution in [0.15, 0.2) is 6.20 Å². The first-order valence-corrected chi connectivity index (χ1v) is 3.04. The van der Waals surface area contributed by atoms with E-state index in [0.29, 0.717) is 0 Å². The lowest BCUT2D eigenvalue weighted by molar-refractivity contribution is 1.07.